The number of aryl methyl sites for hydroxylation is 2. The van der Waals surface area contributed by atoms with Gasteiger partial charge in [0.15, 0.2) is 0 Å². The summed E-state index contributed by atoms with van der Waals surface area (Å²) in [6, 6.07) is 0. The molecule has 1 aromatic heterocycles. The van der Waals surface area contributed by atoms with E-state index in [1.54, 1.807) is 0 Å². The monoisotopic (exact) mass is 218 g/mol. The predicted molar refractivity (Wildman–Crippen MR) is 50.9 cm³/mol. The first kappa shape index (κ1) is 8.28. The van der Waals surface area contributed by atoms with Crippen molar-refractivity contribution in [3.8, 4) is 0 Å². The Balaban J connectivity index is 3.20. The quantitative estimate of drug-likeness (QED) is 0.675. The van der Waals surface area contributed by atoms with Crippen molar-refractivity contribution in [3.63, 3.8) is 0 Å². The molecule has 0 atom stereocenters. The van der Waals surface area contributed by atoms with Gasteiger partial charge in [0.25, 0.3) is 0 Å². The van der Waals surface area contributed by atoms with Crippen LogP contribution in [-0.4, -0.2) is 0 Å². The summed E-state index contributed by atoms with van der Waals surface area (Å²) < 4.78 is 1.32. The summed E-state index contributed by atoms with van der Waals surface area (Å²) in [7, 11) is 0. The Hall–Kier alpha value is 0.180. The Labute approximate surface area is 74.4 Å². The van der Waals surface area contributed by atoms with E-state index in [0.29, 0.717) is 0 Å². The Kier molecular flexibility index (Phi) is 2.53. The lowest BCUT2D eigenvalue weighted by Gasteiger charge is -1.93. The van der Waals surface area contributed by atoms with Gasteiger partial charge in [0, 0.05) is 14.2 Å². The molecular formula is C8H11BrS. The third kappa shape index (κ3) is 1.28. The summed E-state index contributed by atoms with van der Waals surface area (Å²) in [4.78, 5) is 2.85. The van der Waals surface area contributed by atoms with Gasteiger partial charge in [-0.15, -0.1) is 11.3 Å². The van der Waals surface area contributed by atoms with Crippen LogP contribution in [-0.2, 0) is 6.42 Å². The van der Waals surface area contributed by atoms with Crippen LogP contribution < -0.4 is 0 Å². The van der Waals surface area contributed by atoms with Gasteiger partial charge in [-0.05, 0) is 41.8 Å². The molecule has 2 heteroatoms. The molecule has 0 nitrogen and oxygen atoms in total. The maximum absolute atomic E-state index is 3.57. The number of hydrogen-bond acceptors (Lipinski definition) is 1. The highest BCUT2D eigenvalue weighted by Crippen LogP contribution is 2.31. The van der Waals surface area contributed by atoms with Crippen molar-refractivity contribution in [1.29, 1.82) is 0 Å². The lowest BCUT2D eigenvalue weighted by atomic mass is 10.2. The summed E-state index contributed by atoms with van der Waals surface area (Å²) in [6.07, 6.45) is 1.14. The Bertz CT molecular complexity index is 238. The smallest absolute Gasteiger partial charge is 0.0346 e. The van der Waals surface area contributed by atoms with Crippen molar-refractivity contribution in [2.45, 2.75) is 27.2 Å². The van der Waals surface area contributed by atoms with Gasteiger partial charge >= 0.3 is 0 Å². The van der Waals surface area contributed by atoms with E-state index in [0.717, 1.165) is 6.42 Å². The van der Waals surface area contributed by atoms with Gasteiger partial charge in [-0.2, -0.15) is 0 Å². The van der Waals surface area contributed by atoms with Crippen LogP contribution in [0.5, 0.6) is 0 Å². The summed E-state index contributed by atoms with van der Waals surface area (Å²) in [5.74, 6) is 0. The first-order chi connectivity index (χ1) is 4.66. The van der Waals surface area contributed by atoms with Crippen molar-refractivity contribution in [2.75, 3.05) is 0 Å². The second-order valence-corrected chi connectivity index (χ2v) is 4.58. The molecule has 0 aliphatic heterocycles. The fraction of sp³-hybridized carbons (Fsp3) is 0.500. The highest BCUT2D eigenvalue weighted by molar-refractivity contribution is 9.10. The zero-order valence-corrected chi connectivity index (χ0v) is 8.90. The van der Waals surface area contributed by atoms with Crippen LogP contribution in [0.4, 0.5) is 0 Å². The van der Waals surface area contributed by atoms with E-state index < -0.39 is 0 Å². The highest BCUT2D eigenvalue weighted by Gasteiger charge is 2.07. The molecule has 1 rings (SSSR count). The third-order valence-electron chi connectivity index (χ3n) is 1.66. The molecule has 0 aromatic carbocycles. The average molecular weight is 219 g/mol. The summed E-state index contributed by atoms with van der Waals surface area (Å²) >= 11 is 5.45. The standard InChI is InChI=1S/C8H11BrS/c1-4-7-5(2)10-6(3)8(7)9/h4H2,1-3H3. The van der Waals surface area contributed by atoms with E-state index in [2.05, 4.69) is 36.7 Å². The fourth-order valence-corrected chi connectivity index (χ4v) is 3.10. The van der Waals surface area contributed by atoms with Crippen LogP contribution in [0.3, 0.4) is 0 Å². The zero-order valence-electron chi connectivity index (χ0n) is 6.49. The van der Waals surface area contributed by atoms with Crippen LogP contribution in [0.2, 0.25) is 0 Å². The van der Waals surface area contributed by atoms with Gasteiger partial charge in [0.1, 0.15) is 0 Å². The largest absolute Gasteiger partial charge is 0.145 e. The molecule has 0 saturated carbocycles. The normalized spacial score (nSPS) is 10.4. The third-order valence-corrected chi connectivity index (χ3v) is 4.06. The van der Waals surface area contributed by atoms with Crippen molar-refractivity contribution in [1.82, 2.24) is 0 Å². The number of hydrogen-bond donors (Lipinski definition) is 0. The molecule has 1 heterocycles. The van der Waals surface area contributed by atoms with Gasteiger partial charge in [0.2, 0.25) is 0 Å². The Morgan fingerprint density at radius 3 is 2.10 bits per heavy atom. The first-order valence-corrected chi connectivity index (χ1v) is 5.02. The van der Waals surface area contributed by atoms with Gasteiger partial charge in [-0.3, -0.25) is 0 Å². The maximum Gasteiger partial charge on any atom is 0.0346 e. The molecule has 0 aliphatic rings. The SMILES string of the molecule is CCc1c(C)sc(C)c1Br. The molecule has 0 saturated heterocycles. The van der Waals surface area contributed by atoms with Gasteiger partial charge in [-0.1, -0.05) is 6.92 Å². The maximum atomic E-state index is 3.57. The molecule has 0 fully saturated rings. The van der Waals surface area contributed by atoms with E-state index >= 15 is 0 Å². The van der Waals surface area contributed by atoms with Crippen molar-refractivity contribution in [2.24, 2.45) is 0 Å². The lowest BCUT2D eigenvalue weighted by Crippen LogP contribution is -1.78. The van der Waals surface area contributed by atoms with Crippen LogP contribution in [0.25, 0.3) is 0 Å². The minimum atomic E-state index is 1.14. The van der Waals surface area contributed by atoms with Crippen LogP contribution in [0, 0.1) is 13.8 Å². The van der Waals surface area contributed by atoms with Crippen molar-refractivity contribution >= 4 is 27.3 Å². The lowest BCUT2D eigenvalue weighted by molar-refractivity contribution is 1.12. The fourth-order valence-electron chi connectivity index (χ4n) is 1.11. The van der Waals surface area contributed by atoms with E-state index in [9.17, 15) is 0 Å². The molecule has 0 aliphatic carbocycles. The molecule has 1 aromatic rings. The molecule has 0 bridgehead atoms. The van der Waals surface area contributed by atoms with Crippen LogP contribution >= 0.6 is 27.3 Å². The van der Waals surface area contributed by atoms with E-state index in [4.69, 9.17) is 0 Å². The van der Waals surface area contributed by atoms with Crippen LogP contribution in [0.1, 0.15) is 22.2 Å². The topological polar surface area (TPSA) is 0 Å². The first-order valence-electron chi connectivity index (χ1n) is 3.41. The van der Waals surface area contributed by atoms with Crippen molar-refractivity contribution < 1.29 is 0 Å². The van der Waals surface area contributed by atoms with Crippen molar-refractivity contribution in [3.05, 3.63) is 19.8 Å². The van der Waals surface area contributed by atoms with Crippen LogP contribution in [0.15, 0.2) is 4.47 Å². The minimum Gasteiger partial charge on any atom is -0.145 e. The number of thiophene rings is 1. The van der Waals surface area contributed by atoms with E-state index in [-0.39, 0.29) is 0 Å². The molecule has 56 valence electrons. The average Bonchev–Trinajstić information content (AvgIpc) is 2.09. The Morgan fingerprint density at radius 1 is 1.30 bits per heavy atom. The molecule has 0 N–H and O–H groups in total. The predicted octanol–water partition coefficient (Wildman–Crippen LogP) is 3.69. The molecule has 0 radical (unpaired) electrons. The van der Waals surface area contributed by atoms with E-state index in [1.165, 1.54) is 19.8 Å². The van der Waals surface area contributed by atoms with Gasteiger partial charge in [-0.25, -0.2) is 0 Å². The Morgan fingerprint density at radius 2 is 1.90 bits per heavy atom. The molecule has 0 spiro atoms. The minimum absolute atomic E-state index is 1.14. The van der Waals surface area contributed by atoms with Gasteiger partial charge in [0.05, 0.1) is 0 Å². The van der Waals surface area contributed by atoms with Gasteiger partial charge < -0.3 is 0 Å². The summed E-state index contributed by atoms with van der Waals surface area (Å²) in [6.45, 7) is 6.53. The number of halogens is 1. The summed E-state index contributed by atoms with van der Waals surface area (Å²) in [5.41, 5.74) is 1.47. The second kappa shape index (κ2) is 3.05. The molecular weight excluding hydrogens is 208 g/mol. The highest BCUT2D eigenvalue weighted by atomic mass is 79.9. The summed E-state index contributed by atoms with van der Waals surface area (Å²) in [5, 5.41) is 0. The number of rotatable bonds is 1. The second-order valence-electron chi connectivity index (χ2n) is 2.36. The molecule has 0 amide bonds. The molecule has 10 heavy (non-hydrogen) atoms. The zero-order chi connectivity index (χ0) is 7.72. The molecule has 0 unspecified atom stereocenters. The van der Waals surface area contributed by atoms with E-state index in [1.807, 2.05) is 11.3 Å².